The molecule has 4 aromatic rings. The lowest BCUT2D eigenvalue weighted by Gasteiger charge is -2.21. The summed E-state index contributed by atoms with van der Waals surface area (Å²) in [6.07, 6.45) is 0. The van der Waals surface area contributed by atoms with Gasteiger partial charge in [0.05, 0.1) is 0 Å². The van der Waals surface area contributed by atoms with Gasteiger partial charge in [-0.25, -0.2) is 0 Å². The molecule has 0 amide bonds. The van der Waals surface area contributed by atoms with Crippen molar-refractivity contribution in [2.24, 2.45) is 0 Å². The van der Waals surface area contributed by atoms with Gasteiger partial charge >= 0.3 is 0 Å². The zero-order chi connectivity index (χ0) is 17.4. The first kappa shape index (κ1) is 15.8. The Kier molecular flexibility index (Phi) is 3.97. The molecule has 0 saturated carbocycles. The highest BCUT2D eigenvalue weighted by Gasteiger charge is 2.17. The van der Waals surface area contributed by atoms with Gasteiger partial charge in [-0.15, -0.1) is 0 Å². The molecule has 0 aliphatic heterocycles. The fourth-order valence-electron chi connectivity index (χ4n) is 4.04. The number of fused-ring (bicyclic) bond motifs is 1. The molecule has 0 aliphatic carbocycles. The van der Waals surface area contributed by atoms with Crippen LogP contribution in [-0.4, -0.2) is 15.7 Å². The van der Waals surface area contributed by atoms with Gasteiger partial charge in [0.1, 0.15) is 15.7 Å². The van der Waals surface area contributed by atoms with Gasteiger partial charge in [-0.3, -0.25) is 0 Å². The maximum absolute atomic E-state index is 2.27. The maximum atomic E-state index is 2.27. The van der Waals surface area contributed by atoms with Crippen LogP contribution in [0.4, 0.5) is 0 Å². The third kappa shape index (κ3) is 2.59. The fraction of sp³-hybridized carbons (Fsp3) is 0.0435. The number of hydrogen-bond donors (Lipinski definition) is 0. The zero-order valence-corrected chi connectivity index (χ0v) is 15.0. The van der Waals surface area contributed by atoms with Crippen molar-refractivity contribution in [3.8, 4) is 22.3 Å². The Bertz CT molecular complexity index is 1050. The van der Waals surface area contributed by atoms with E-state index < -0.39 is 0 Å². The highest BCUT2D eigenvalue weighted by Crippen LogP contribution is 2.32. The highest BCUT2D eigenvalue weighted by atomic mass is 14.2. The van der Waals surface area contributed by atoms with E-state index in [1.807, 2.05) is 0 Å². The molecular weight excluding hydrogens is 298 g/mol. The minimum Gasteiger partial charge on any atom is -0.0730 e. The largest absolute Gasteiger partial charge is 0.140 e. The van der Waals surface area contributed by atoms with Crippen LogP contribution in [0.3, 0.4) is 0 Å². The second kappa shape index (κ2) is 6.29. The van der Waals surface area contributed by atoms with Gasteiger partial charge in [0.25, 0.3) is 0 Å². The van der Waals surface area contributed by atoms with Crippen LogP contribution in [-0.2, 0) is 0 Å². The average Bonchev–Trinajstić information content (AvgIpc) is 2.65. The van der Waals surface area contributed by atoms with Gasteiger partial charge in [-0.1, -0.05) is 89.8 Å². The summed E-state index contributed by atoms with van der Waals surface area (Å²) in [5.74, 6) is 0. The fourth-order valence-corrected chi connectivity index (χ4v) is 4.04. The van der Waals surface area contributed by atoms with Crippen molar-refractivity contribution in [1.82, 2.24) is 0 Å². The molecule has 2 heteroatoms. The third-order valence-electron chi connectivity index (χ3n) is 5.18. The summed E-state index contributed by atoms with van der Waals surface area (Å²) >= 11 is 0. The molecule has 0 bridgehead atoms. The van der Waals surface area contributed by atoms with Crippen LogP contribution in [0.25, 0.3) is 33.0 Å². The highest BCUT2D eigenvalue weighted by molar-refractivity contribution is 6.51. The second-order valence-electron chi connectivity index (χ2n) is 6.73. The first-order valence-electron chi connectivity index (χ1n) is 8.82. The quantitative estimate of drug-likeness (QED) is 0.499. The molecule has 0 N–H and O–H groups in total. The second-order valence-corrected chi connectivity index (χ2v) is 6.73. The SMILES string of the molecule is Bc1c(-c2ccccc2)c(-c2ccccc2)c(B)c2c(C)cccc12. The van der Waals surface area contributed by atoms with E-state index in [1.165, 1.54) is 49.5 Å². The Morgan fingerprint density at radius 3 is 1.64 bits per heavy atom. The predicted molar refractivity (Wildman–Crippen MR) is 116 cm³/mol. The first-order chi connectivity index (χ1) is 12.2. The van der Waals surface area contributed by atoms with Crippen molar-refractivity contribution in [3.63, 3.8) is 0 Å². The zero-order valence-electron chi connectivity index (χ0n) is 15.0. The van der Waals surface area contributed by atoms with Crippen molar-refractivity contribution < 1.29 is 0 Å². The molecule has 0 fully saturated rings. The molecule has 0 aliphatic rings. The molecule has 0 nitrogen and oxygen atoms in total. The summed E-state index contributed by atoms with van der Waals surface area (Å²) in [5, 5.41) is 2.74. The standard InChI is InChI=1S/C23H20B2/c1-15-9-8-14-18-19(15)23(25)21(17-12-6-3-7-13-17)20(22(18)24)16-10-4-2-5-11-16/h2-14H,24-25H2,1H3. The first-order valence-corrected chi connectivity index (χ1v) is 8.82. The van der Waals surface area contributed by atoms with Crippen LogP contribution < -0.4 is 10.9 Å². The molecular formula is C23H20B2. The molecule has 0 unspecified atom stereocenters. The number of aryl methyl sites for hydroxylation is 1. The Morgan fingerprint density at radius 2 is 1.08 bits per heavy atom. The van der Waals surface area contributed by atoms with Crippen molar-refractivity contribution in [3.05, 3.63) is 84.4 Å². The lowest BCUT2D eigenvalue weighted by atomic mass is 9.71. The molecule has 0 spiro atoms. The molecule has 118 valence electrons. The van der Waals surface area contributed by atoms with Gasteiger partial charge in [0.15, 0.2) is 0 Å². The summed E-state index contributed by atoms with van der Waals surface area (Å²) in [4.78, 5) is 0. The Labute approximate surface area is 151 Å². The van der Waals surface area contributed by atoms with E-state index in [0.29, 0.717) is 0 Å². The van der Waals surface area contributed by atoms with Crippen LogP contribution in [0.2, 0.25) is 0 Å². The topological polar surface area (TPSA) is 0 Å². The summed E-state index contributed by atoms with van der Waals surface area (Å²) in [5.41, 5.74) is 9.33. The van der Waals surface area contributed by atoms with Crippen LogP contribution in [0.5, 0.6) is 0 Å². The van der Waals surface area contributed by atoms with E-state index in [1.54, 1.807) is 0 Å². The summed E-state index contributed by atoms with van der Waals surface area (Å²) in [6.45, 7) is 2.21. The van der Waals surface area contributed by atoms with Crippen LogP contribution in [0, 0.1) is 6.92 Å². The normalized spacial score (nSPS) is 10.9. The molecule has 4 aromatic carbocycles. The van der Waals surface area contributed by atoms with Crippen molar-refractivity contribution in [2.75, 3.05) is 0 Å². The Hall–Kier alpha value is -2.73. The van der Waals surface area contributed by atoms with Crippen molar-refractivity contribution in [2.45, 2.75) is 6.92 Å². The van der Waals surface area contributed by atoms with E-state index >= 15 is 0 Å². The summed E-state index contributed by atoms with van der Waals surface area (Å²) < 4.78 is 0. The number of rotatable bonds is 2. The van der Waals surface area contributed by atoms with E-state index in [4.69, 9.17) is 0 Å². The monoisotopic (exact) mass is 318 g/mol. The molecule has 4 rings (SSSR count). The molecule has 0 heterocycles. The van der Waals surface area contributed by atoms with E-state index in [-0.39, 0.29) is 0 Å². The molecule has 0 saturated heterocycles. The van der Waals surface area contributed by atoms with Crippen LogP contribution in [0.1, 0.15) is 5.56 Å². The minimum atomic E-state index is 1.28. The van der Waals surface area contributed by atoms with Crippen molar-refractivity contribution >= 4 is 37.4 Å². The van der Waals surface area contributed by atoms with Crippen LogP contribution >= 0.6 is 0 Å². The smallest absolute Gasteiger partial charge is 0.0730 e. The van der Waals surface area contributed by atoms with Gasteiger partial charge in [-0.05, 0) is 45.5 Å². The molecule has 25 heavy (non-hydrogen) atoms. The van der Waals surface area contributed by atoms with E-state index in [2.05, 4.69) is 101 Å². The van der Waals surface area contributed by atoms with Gasteiger partial charge in [0.2, 0.25) is 0 Å². The van der Waals surface area contributed by atoms with Crippen molar-refractivity contribution in [1.29, 1.82) is 0 Å². The van der Waals surface area contributed by atoms with Gasteiger partial charge in [0, 0.05) is 0 Å². The molecule has 0 atom stereocenters. The Balaban J connectivity index is 2.21. The summed E-state index contributed by atoms with van der Waals surface area (Å²) in [7, 11) is 4.53. The van der Waals surface area contributed by atoms with E-state index in [0.717, 1.165) is 0 Å². The molecule has 0 aromatic heterocycles. The lowest BCUT2D eigenvalue weighted by molar-refractivity contribution is 1.54. The van der Waals surface area contributed by atoms with Gasteiger partial charge in [-0.2, -0.15) is 0 Å². The molecule has 0 radical (unpaired) electrons. The lowest BCUT2D eigenvalue weighted by Crippen LogP contribution is -2.21. The predicted octanol–water partition coefficient (Wildman–Crippen LogP) is 3.00. The number of benzene rings is 4. The number of hydrogen-bond acceptors (Lipinski definition) is 0. The average molecular weight is 318 g/mol. The third-order valence-corrected chi connectivity index (χ3v) is 5.18. The minimum absolute atomic E-state index is 1.28. The Morgan fingerprint density at radius 1 is 0.560 bits per heavy atom. The van der Waals surface area contributed by atoms with Crippen LogP contribution in [0.15, 0.2) is 78.9 Å². The maximum Gasteiger partial charge on any atom is 0.140 e. The van der Waals surface area contributed by atoms with Gasteiger partial charge < -0.3 is 0 Å². The summed E-state index contributed by atoms with van der Waals surface area (Å²) in [6, 6.07) is 28.2. The van der Waals surface area contributed by atoms with E-state index in [9.17, 15) is 0 Å².